The number of carboxylic acids is 1. The van der Waals surface area contributed by atoms with Crippen molar-refractivity contribution in [2.24, 2.45) is 0 Å². The Morgan fingerprint density at radius 1 is 1.00 bits per heavy atom. The zero-order valence-electron chi connectivity index (χ0n) is 13.8. The number of carboxylic acid groups (broad SMARTS) is 1. The van der Waals surface area contributed by atoms with Crippen molar-refractivity contribution < 1.29 is 9.90 Å². The maximum Gasteiger partial charge on any atom is 0.329 e. The van der Waals surface area contributed by atoms with Crippen LogP contribution in [0.4, 0.5) is 5.69 Å². The molecule has 0 aromatic heterocycles. The maximum atomic E-state index is 11.9. The van der Waals surface area contributed by atoms with Crippen LogP contribution in [-0.2, 0) is 11.2 Å². The molecule has 1 fully saturated rings. The van der Waals surface area contributed by atoms with Crippen molar-refractivity contribution in [2.75, 3.05) is 25.0 Å². The first-order chi connectivity index (χ1) is 11.7. The van der Waals surface area contributed by atoms with Gasteiger partial charge in [0, 0.05) is 25.3 Å². The van der Waals surface area contributed by atoms with E-state index < -0.39 is 11.5 Å². The fourth-order valence-corrected chi connectivity index (χ4v) is 3.28. The molecule has 1 saturated heterocycles. The largest absolute Gasteiger partial charge is 0.480 e. The quantitative estimate of drug-likeness (QED) is 0.856. The molecule has 4 heteroatoms. The number of benzene rings is 2. The first-order valence-corrected chi connectivity index (χ1v) is 8.51. The summed E-state index contributed by atoms with van der Waals surface area (Å²) in [7, 11) is 0. The smallest absolute Gasteiger partial charge is 0.329 e. The third-order valence-corrected chi connectivity index (χ3v) is 4.84. The van der Waals surface area contributed by atoms with Crippen molar-refractivity contribution in [1.29, 1.82) is 0 Å². The van der Waals surface area contributed by atoms with Crippen LogP contribution in [0.25, 0.3) is 0 Å². The van der Waals surface area contributed by atoms with E-state index in [9.17, 15) is 9.90 Å². The zero-order chi connectivity index (χ0) is 16.8. The Hall–Kier alpha value is -2.33. The normalized spacial score (nSPS) is 17.3. The summed E-state index contributed by atoms with van der Waals surface area (Å²) < 4.78 is 0. The summed E-state index contributed by atoms with van der Waals surface area (Å²) >= 11 is 0. The number of hydrogen-bond acceptors (Lipinski definition) is 3. The number of nitrogens with zero attached hydrogens (tertiary/aromatic N) is 1. The van der Waals surface area contributed by atoms with Crippen LogP contribution in [0.2, 0.25) is 0 Å². The maximum absolute atomic E-state index is 11.9. The number of rotatable bonds is 6. The third-order valence-electron chi connectivity index (χ3n) is 4.84. The molecule has 0 saturated carbocycles. The van der Waals surface area contributed by atoms with Gasteiger partial charge >= 0.3 is 5.97 Å². The predicted octanol–water partition coefficient (Wildman–Crippen LogP) is 3.26. The molecule has 0 radical (unpaired) electrons. The Morgan fingerprint density at radius 2 is 1.58 bits per heavy atom. The summed E-state index contributed by atoms with van der Waals surface area (Å²) in [6.45, 7) is 2.59. The van der Waals surface area contributed by atoms with Gasteiger partial charge in [-0.2, -0.15) is 0 Å². The first kappa shape index (κ1) is 16.5. The molecule has 0 amide bonds. The molecule has 4 nitrogen and oxygen atoms in total. The first-order valence-electron chi connectivity index (χ1n) is 8.51. The van der Waals surface area contributed by atoms with Gasteiger partial charge < -0.3 is 15.3 Å². The minimum absolute atomic E-state index is 0.617. The molecule has 3 rings (SSSR count). The lowest BCUT2D eigenvalue weighted by Crippen LogP contribution is -2.54. The summed E-state index contributed by atoms with van der Waals surface area (Å²) in [5.74, 6) is -0.755. The molecule has 1 heterocycles. The number of hydrogen-bond donors (Lipinski definition) is 2. The van der Waals surface area contributed by atoms with Gasteiger partial charge in [-0.05, 0) is 37.0 Å². The second kappa shape index (κ2) is 7.49. The van der Waals surface area contributed by atoms with Crippen LogP contribution < -0.4 is 5.32 Å². The molecule has 0 unspecified atom stereocenters. The lowest BCUT2D eigenvalue weighted by molar-refractivity contribution is -0.144. The Balaban J connectivity index is 1.57. The van der Waals surface area contributed by atoms with Crippen LogP contribution in [0.5, 0.6) is 0 Å². The molecule has 0 bridgehead atoms. The topological polar surface area (TPSA) is 52.6 Å². The van der Waals surface area contributed by atoms with Gasteiger partial charge in [0.05, 0.1) is 0 Å². The van der Waals surface area contributed by atoms with Gasteiger partial charge in [0.25, 0.3) is 0 Å². The Labute approximate surface area is 143 Å². The van der Waals surface area contributed by atoms with E-state index in [1.165, 1.54) is 5.56 Å². The third kappa shape index (κ3) is 3.95. The molecule has 126 valence electrons. The molecule has 24 heavy (non-hydrogen) atoms. The predicted molar refractivity (Wildman–Crippen MR) is 96.3 cm³/mol. The zero-order valence-corrected chi connectivity index (χ0v) is 13.8. The molecule has 2 N–H and O–H groups in total. The number of para-hydroxylation sites is 1. The van der Waals surface area contributed by atoms with Gasteiger partial charge in [0.15, 0.2) is 0 Å². The number of nitrogens with one attached hydrogen (secondary N) is 1. The fourth-order valence-electron chi connectivity index (χ4n) is 3.28. The van der Waals surface area contributed by atoms with E-state index in [-0.39, 0.29) is 0 Å². The van der Waals surface area contributed by atoms with Crippen LogP contribution in [0.3, 0.4) is 0 Å². The SMILES string of the molecule is O=C(O)C1(Nc2ccccc2)CCN(CCc2ccccc2)CC1. The molecule has 2 aromatic rings. The standard InChI is InChI=1S/C20H24N2O2/c23-19(24)20(21-18-9-5-2-6-10-18)12-15-22(16-13-20)14-11-17-7-3-1-4-8-17/h1-10,21H,11-16H2,(H,23,24). The Kier molecular flexibility index (Phi) is 5.16. The Morgan fingerprint density at radius 3 is 2.17 bits per heavy atom. The molecule has 0 aliphatic carbocycles. The van der Waals surface area contributed by atoms with E-state index in [1.54, 1.807) is 0 Å². The highest BCUT2D eigenvalue weighted by molar-refractivity contribution is 5.83. The van der Waals surface area contributed by atoms with Crippen molar-refractivity contribution in [3.63, 3.8) is 0 Å². The van der Waals surface area contributed by atoms with E-state index in [1.807, 2.05) is 36.4 Å². The van der Waals surface area contributed by atoms with E-state index >= 15 is 0 Å². The second-order valence-electron chi connectivity index (χ2n) is 6.46. The minimum atomic E-state index is -0.857. The molecule has 2 aromatic carbocycles. The van der Waals surface area contributed by atoms with E-state index in [2.05, 4.69) is 34.5 Å². The summed E-state index contributed by atoms with van der Waals surface area (Å²) in [5.41, 5.74) is 1.34. The molecule has 1 aliphatic rings. The fraction of sp³-hybridized carbons (Fsp3) is 0.350. The highest BCUT2D eigenvalue weighted by Gasteiger charge is 2.41. The van der Waals surface area contributed by atoms with Crippen LogP contribution in [0.1, 0.15) is 18.4 Å². The average molecular weight is 324 g/mol. The molecular formula is C20H24N2O2. The molecule has 1 aliphatic heterocycles. The number of carbonyl (C=O) groups is 1. The van der Waals surface area contributed by atoms with Crippen molar-refractivity contribution in [3.05, 3.63) is 66.2 Å². The summed E-state index contributed by atoms with van der Waals surface area (Å²) in [6.07, 6.45) is 2.24. The number of piperidine rings is 1. The van der Waals surface area contributed by atoms with E-state index in [4.69, 9.17) is 0 Å². The summed E-state index contributed by atoms with van der Waals surface area (Å²) in [6, 6.07) is 20.1. The van der Waals surface area contributed by atoms with Crippen molar-refractivity contribution in [1.82, 2.24) is 4.90 Å². The van der Waals surface area contributed by atoms with Gasteiger partial charge in [0.1, 0.15) is 5.54 Å². The lowest BCUT2D eigenvalue weighted by atomic mass is 9.87. The van der Waals surface area contributed by atoms with Crippen molar-refractivity contribution in [2.45, 2.75) is 24.8 Å². The van der Waals surface area contributed by atoms with Gasteiger partial charge in [-0.25, -0.2) is 4.79 Å². The van der Waals surface area contributed by atoms with E-state index in [0.29, 0.717) is 12.8 Å². The summed E-state index contributed by atoms with van der Waals surface area (Å²) in [4.78, 5) is 14.2. The van der Waals surface area contributed by atoms with Crippen LogP contribution in [-0.4, -0.2) is 41.1 Å². The average Bonchev–Trinajstić information content (AvgIpc) is 2.63. The van der Waals surface area contributed by atoms with Gasteiger partial charge in [-0.3, -0.25) is 0 Å². The molecular weight excluding hydrogens is 300 g/mol. The number of aliphatic carboxylic acids is 1. The monoisotopic (exact) mass is 324 g/mol. The lowest BCUT2D eigenvalue weighted by Gasteiger charge is -2.40. The van der Waals surface area contributed by atoms with Crippen LogP contribution in [0, 0.1) is 0 Å². The van der Waals surface area contributed by atoms with Crippen LogP contribution in [0.15, 0.2) is 60.7 Å². The highest BCUT2D eigenvalue weighted by Crippen LogP contribution is 2.27. The molecule has 0 atom stereocenters. The number of likely N-dealkylation sites (tertiary alicyclic amines) is 1. The number of anilines is 1. The minimum Gasteiger partial charge on any atom is -0.480 e. The highest BCUT2D eigenvalue weighted by atomic mass is 16.4. The van der Waals surface area contributed by atoms with Crippen molar-refractivity contribution in [3.8, 4) is 0 Å². The van der Waals surface area contributed by atoms with Crippen molar-refractivity contribution >= 4 is 11.7 Å². The summed E-state index contributed by atoms with van der Waals surface area (Å²) in [5, 5.41) is 13.0. The van der Waals surface area contributed by atoms with Crippen LogP contribution >= 0.6 is 0 Å². The molecule has 0 spiro atoms. The van der Waals surface area contributed by atoms with Gasteiger partial charge in [-0.15, -0.1) is 0 Å². The van der Waals surface area contributed by atoms with Gasteiger partial charge in [-0.1, -0.05) is 48.5 Å². The Bertz CT molecular complexity index is 650. The van der Waals surface area contributed by atoms with E-state index in [0.717, 1.165) is 31.7 Å². The second-order valence-corrected chi connectivity index (χ2v) is 6.46. The van der Waals surface area contributed by atoms with Gasteiger partial charge in [0.2, 0.25) is 0 Å².